The van der Waals surface area contributed by atoms with Gasteiger partial charge in [0.1, 0.15) is 0 Å². The van der Waals surface area contributed by atoms with Gasteiger partial charge in [0.2, 0.25) is 0 Å². The zero-order chi connectivity index (χ0) is 8.81. The molecule has 0 aliphatic carbocycles. The summed E-state index contributed by atoms with van der Waals surface area (Å²) in [5.74, 6) is 0. The van der Waals surface area contributed by atoms with Crippen LogP contribution in [0.4, 0.5) is 0 Å². The molecule has 0 atom stereocenters. The van der Waals surface area contributed by atoms with Gasteiger partial charge in [0, 0.05) is 15.9 Å². The van der Waals surface area contributed by atoms with Gasteiger partial charge in [-0.2, -0.15) is 0 Å². The molecule has 1 aromatic rings. The molecule has 0 fully saturated rings. The van der Waals surface area contributed by atoms with Gasteiger partial charge < -0.3 is 5.11 Å². The van der Waals surface area contributed by atoms with Crippen LogP contribution in [-0.4, -0.2) is 18.3 Å². The Morgan fingerprint density at radius 2 is 2.33 bits per heavy atom. The van der Waals surface area contributed by atoms with Crippen LogP contribution in [-0.2, 0) is 0 Å². The van der Waals surface area contributed by atoms with Gasteiger partial charge in [-0.1, -0.05) is 22.0 Å². The van der Waals surface area contributed by atoms with Gasteiger partial charge >= 0.3 is 0 Å². The second-order valence-electron chi connectivity index (χ2n) is 2.18. The topological polar surface area (TPSA) is 32.3 Å². The van der Waals surface area contributed by atoms with E-state index in [9.17, 15) is 0 Å². The summed E-state index contributed by atoms with van der Waals surface area (Å²) in [4.78, 5) is 1.14. The second-order valence-corrected chi connectivity index (χ2v) is 4.06. The van der Waals surface area contributed by atoms with Crippen molar-refractivity contribution in [1.82, 2.24) is 4.72 Å². The first kappa shape index (κ1) is 10.1. The molecule has 0 saturated heterocycles. The summed E-state index contributed by atoms with van der Waals surface area (Å²) >= 11 is 4.90. The summed E-state index contributed by atoms with van der Waals surface area (Å²) in [5.41, 5.74) is 0. The summed E-state index contributed by atoms with van der Waals surface area (Å²) in [6, 6.07) is 8.00. The molecule has 0 heterocycles. The minimum atomic E-state index is 0.168. The van der Waals surface area contributed by atoms with Crippen molar-refractivity contribution in [2.24, 2.45) is 0 Å². The van der Waals surface area contributed by atoms with E-state index in [0.717, 1.165) is 9.37 Å². The van der Waals surface area contributed by atoms with Crippen molar-refractivity contribution in [2.75, 3.05) is 13.2 Å². The fraction of sp³-hybridized carbons (Fsp3) is 0.250. The van der Waals surface area contributed by atoms with Crippen LogP contribution in [0.5, 0.6) is 0 Å². The number of nitrogens with one attached hydrogen (secondary N) is 1. The Hall–Kier alpha value is -0.0300. The highest BCUT2D eigenvalue weighted by atomic mass is 79.9. The van der Waals surface area contributed by atoms with E-state index < -0.39 is 0 Å². The first-order valence-electron chi connectivity index (χ1n) is 3.59. The molecule has 4 heteroatoms. The van der Waals surface area contributed by atoms with E-state index in [0.29, 0.717) is 6.54 Å². The van der Waals surface area contributed by atoms with Crippen LogP contribution in [0.1, 0.15) is 0 Å². The highest BCUT2D eigenvalue weighted by molar-refractivity contribution is 9.10. The summed E-state index contributed by atoms with van der Waals surface area (Å²) in [6.45, 7) is 0.776. The number of halogens is 1. The molecule has 66 valence electrons. The van der Waals surface area contributed by atoms with Crippen LogP contribution in [0.25, 0.3) is 0 Å². The lowest BCUT2D eigenvalue weighted by Gasteiger charge is -2.01. The molecule has 1 rings (SSSR count). The van der Waals surface area contributed by atoms with E-state index in [2.05, 4.69) is 20.7 Å². The van der Waals surface area contributed by atoms with Gasteiger partial charge in [0.15, 0.2) is 0 Å². The van der Waals surface area contributed by atoms with Gasteiger partial charge in [-0.3, -0.25) is 4.72 Å². The molecule has 0 unspecified atom stereocenters. The Bertz CT molecular complexity index is 244. The first-order valence-corrected chi connectivity index (χ1v) is 5.20. The Labute approximate surface area is 84.6 Å². The molecule has 1 aromatic carbocycles. The lowest BCUT2D eigenvalue weighted by Crippen LogP contribution is -2.08. The van der Waals surface area contributed by atoms with Crippen LogP contribution in [0.2, 0.25) is 0 Å². The molecule has 0 aliphatic rings. The molecule has 0 saturated carbocycles. The normalized spacial score (nSPS) is 10.2. The van der Waals surface area contributed by atoms with E-state index in [-0.39, 0.29) is 6.61 Å². The molecule has 0 aromatic heterocycles. The summed E-state index contributed by atoms with van der Waals surface area (Å²) in [6.07, 6.45) is 0. The molecule has 0 radical (unpaired) electrons. The van der Waals surface area contributed by atoms with E-state index in [1.165, 1.54) is 11.9 Å². The van der Waals surface area contributed by atoms with Crippen molar-refractivity contribution >= 4 is 27.9 Å². The predicted molar refractivity (Wildman–Crippen MR) is 55.1 cm³/mol. The summed E-state index contributed by atoms with van der Waals surface area (Å²) in [7, 11) is 0. The molecule has 2 N–H and O–H groups in total. The first-order chi connectivity index (χ1) is 5.83. The van der Waals surface area contributed by atoms with Crippen LogP contribution in [0.15, 0.2) is 33.6 Å². The molecule has 0 aliphatic heterocycles. The molecule has 0 amide bonds. The Kier molecular flexibility index (Phi) is 4.68. The largest absolute Gasteiger partial charge is 0.395 e. The van der Waals surface area contributed by atoms with Crippen molar-refractivity contribution in [2.45, 2.75) is 4.90 Å². The standard InChI is InChI=1S/C8H10BrNOS/c9-7-2-1-3-8(6-7)12-10-4-5-11/h1-3,6,10-11H,4-5H2. The lowest BCUT2D eigenvalue weighted by atomic mass is 10.4. The number of hydrogen-bond donors (Lipinski definition) is 2. The third-order valence-corrected chi connectivity index (χ3v) is 2.53. The number of benzene rings is 1. The fourth-order valence-corrected chi connectivity index (χ4v) is 1.95. The van der Waals surface area contributed by atoms with Crippen LogP contribution in [0.3, 0.4) is 0 Å². The van der Waals surface area contributed by atoms with Crippen LogP contribution in [0, 0.1) is 0 Å². The summed E-state index contributed by atoms with van der Waals surface area (Å²) < 4.78 is 4.09. The summed E-state index contributed by atoms with van der Waals surface area (Å²) in [5, 5.41) is 8.51. The van der Waals surface area contributed by atoms with E-state index in [1.807, 2.05) is 24.3 Å². The fourth-order valence-electron chi connectivity index (χ4n) is 0.710. The molecule has 12 heavy (non-hydrogen) atoms. The van der Waals surface area contributed by atoms with E-state index >= 15 is 0 Å². The number of aliphatic hydroxyl groups excluding tert-OH is 1. The van der Waals surface area contributed by atoms with Crippen molar-refractivity contribution < 1.29 is 5.11 Å². The minimum absolute atomic E-state index is 0.168. The van der Waals surface area contributed by atoms with Crippen molar-refractivity contribution in [3.63, 3.8) is 0 Å². The smallest absolute Gasteiger partial charge is 0.0565 e. The average Bonchev–Trinajstić information content (AvgIpc) is 2.05. The van der Waals surface area contributed by atoms with Crippen molar-refractivity contribution in [3.05, 3.63) is 28.7 Å². The van der Waals surface area contributed by atoms with Gasteiger partial charge in [0.05, 0.1) is 6.61 Å². The Balaban J connectivity index is 2.41. The Morgan fingerprint density at radius 1 is 1.50 bits per heavy atom. The molecule has 0 spiro atoms. The molecule has 0 bridgehead atoms. The zero-order valence-electron chi connectivity index (χ0n) is 6.46. The number of hydrogen-bond acceptors (Lipinski definition) is 3. The average molecular weight is 248 g/mol. The lowest BCUT2D eigenvalue weighted by molar-refractivity contribution is 0.302. The molecular formula is C8H10BrNOS. The maximum atomic E-state index is 8.51. The number of rotatable bonds is 4. The molecule has 2 nitrogen and oxygen atoms in total. The SMILES string of the molecule is OCCNSc1cccc(Br)c1. The van der Waals surface area contributed by atoms with Gasteiger partial charge in [-0.15, -0.1) is 0 Å². The maximum absolute atomic E-state index is 8.51. The highest BCUT2D eigenvalue weighted by Crippen LogP contribution is 2.18. The highest BCUT2D eigenvalue weighted by Gasteiger charge is 1.92. The minimum Gasteiger partial charge on any atom is -0.395 e. The van der Waals surface area contributed by atoms with E-state index in [4.69, 9.17) is 5.11 Å². The van der Waals surface area contributed by atoms with Crippen molar-refractivity contribution in [1.29, 1.82) is 0 Å². The quantitative estimate of drug-likeness (QED) is 0.631. The second kappa shape index (κ2) is 5.59. The van der Waals surface area contributed by atoms with Crippen molar-refractivity contribution in [3.8, 4) is 0 Å². The molecular weight excluding hydrogens is 238 g/mol. The van der Waals surface area contributed by atoms with Gasteiger partial charge in [-0.25, -0.2) is 0 Å². The van der Waals surface area contributed by atoms with Gasteiger partial charge in [0.25, 0.3) is 0 Å². The maximum Gasteiger partial charge on any atom is 0.0565 e. The zero-order valence-corrected chi connectivity index (χ0v) is 8.86. The van der Waals surface area contributed by atoms with Gasteiger partial charge in [-0.05, 0) is 30.1 Å². The third-order valence-electron chi connectivity index (χ3n) is 1.20. The van der Waals surface area contributed by atoms with E-state index in [1.54, 1.807) is 0 Å². The number of aliphatic hydroxyl groups is 1. The van der Waals surface area contributed by atoms with Crippen LogP contribution >= 0.6 is 27.9 Å². The third kappa shape index (κ3) is 3.58. The van der Waals surface area contributed by atoms with Crippen LogP contribution < -0.4 is 4.72 Å². The monoisotopic (exact) mass is 247 g/mol. The Morgan fingerprint density at radius 3 is 3.00 bits per heavy atom. The predicted octanol–water partition coefficient (Wildman–Crippen LogP) is 2.04.